The van der Waals surface area contributed by atoms with Gasteiger partial charge in [-0.3, -0.25) is 9.59 Å². The number of para-hydroxylation sites is 1. The molecule has 2 heterocycles. The Morgan fingerprint density at radius 1 is 1.00 bits per heavy atom. The van der Waals surface area contributed by atoms with E-state index in [2.05, 4.69) is 10.3 Å². The first-order chi connectivity index (χ1) is 17.3. The van der Waals surface area contributed by atoms with Crippen LogP contribution in [0.3, 0.4) is 0 Å². The number of rotatable bonds is 8. The van der Waals surface area contributed by atoms with Crippen molar-refractivity contribution in [3.63, 3.8) is 0 Å². The zero-order valence-electron chi connectivity index (χ0n) is 20.0. The summed E-state index contributed by atoms with van der Waals surface area (Å²) in [6.45, 7) is 1.45. The lowest BCUT2D eigenvalue weighted by Crippen LogP contribution is -2.17. The van der Waals surface area contributed by atoms with Crippen LogP contribution in [0.15, 0.2) is 57.8 Å². The Bertz CT molecular complexity index is 1480. The van der Waals surface area contributed by atoms with Crippen molar-refractivity contribution in [2.24, 2.45) is 0 Å². The van der Waals surface area contributed by atoms with Gasteiger partial charge in [0.2, 0.25) is 5.75 Å². The average Bonchev–Trinajstić information content (AvgIpc) is 3.27. The molecule has 2 aromatic heterocycles. The third kappa shape index (κ3) is 4.85. The summed E-state index contributed by atoms with van der Waals surface area (Å²) >= 11 is 0. The Balaban J connectivity index is 1.53. The molecule has 4 aromatic rings. The largest absolute Gasteiger partial charge is 0.493 e. The lowest BCUT2D eigenvalue weighted by Gasteiger charge is -2.15. The first-order valence-electron chi connectivity index (χ1n) is 10.7. The van der Waals surface area contributed by atoms with Crippen molar-refractivity contribution < 1.29 is 33.1 Å². The summed E-state index contributed by atoms with van der Waals surface area (Å²) in [7, 11) is 4.35. The zero-order valence-corrected chi connectivity index (χ0v) is 20.0. The molecule has 4 rings (SSSR count). The molecule has 0 aliphatic carbocycles. The van der Waals surface area contributed by atoms with Crippen molar-refractivity contribution in [2.75, 3.05) is 26.6 Å². The quantitative estimate of drug-likeness (QED) is 0.368. The van der Waals surface area contributed by atoms with Gasteiger partial charge in [0.15, 0.2) is 17.1 Å². The van der Waals surface area contributed by atoms with Crippen LogP contribution in [-0.4, -0.2) is 42.8 Å². The van der Waals surface area contributed by atoms with Gasteiger partial charge in [0, 0.05) is 17.7 Å². The molecule has 0 saturated carbocycles. The summed E-state index contributed by atoms with van der Waals surface area (Å²) in [5.74, 6) is 0.264. The monoisotopic (exact) mass is 493 g/mol. The number of fused-ring (bicyclic) bond motifs is 1. The molecule has 11 nitrogen and oxygen atoms in total. The van der Waals surface area contributed by atoms with Crippen LogP contribution in [0.25, 0.3) is 5.65 Å². The fourth-order valence-electron chi connectivity index (χ4n) is 3.54. The van der Waals surface area contributed by atoms with Gasteiger partial charge >= 0.3 is 5.97 Å². The summed E-state index contributed by atoms with van der Waals surface area (Å²) in [5.41, 5.74) is 0.709. The van der Waals surface area contributed by atoms with Crippen LogP contribution >= 0.6 is 0 Å². The molecule has 0 unspecified atom stereocenters. The molecular formula is C25H23N3O8. The van der Waals surface area contributed by atoms with Gasteiger partial charge in [0.25, 0.3) is 11.5 Å². The van der Waals surface area contributed by atoms with Gasteiger partial charge in [-0.15, -0.1) is 4.57 Å². The molecule has 1 N–H and O–H groups in total. The minimum atomic E-state index is -0.707. The number of ether oxygens (including phenoxy) is 4. The van der Waals surface area contributed by atoms with E-state index in [0.29, 0.717) is 28.7 Å². The van der Waals surface area contributed by atoms with Crippen LogP contribution in [0, 0.1) is 6.92 Å². The van der Waals surface area contributed by atoms with Gasteiger partial charge in [0.1, 0.15) is 12.4 Å². The van der Waals surface area contributed by atoms with Crippen molar-refractivity contribution in [1.82, 2.24) is 9.56 Å². The van der Waals surface area contributed by atoms with Crippen molar-refractivity contribution in [3.8, 4) is 17.2 Å². The highest BCUT2D eigenvalue weighted by atomic mass is 16.5. The SMILES string of the molecule is COc1cc(C(=O)Nc2ccccc2C(=O)OCc2cc(=O)n3oc(C)cc3n2)cc(OC)c1OC. The van der Waals surface area contributed by atoms with Crippen LogP contribution in [0.5, 0.6) is 17.2 Å². The van der Waals surface area contributed by atoms with Crippen LogP contribution in [0.4, 0.5) is 5.69 Å². The molecule has 11 heteroatoms. The lowest BCUT2D eigenvalue weighted by atomic mass is 10.1. The summed E-state index contributed by atoms with van der Waals surface area (Å²) < 4.78 is 27.5. The van der Waals surface area contributed by atoms with Gasteiger partial charge in [-0.2, -0.15) is 0 Å². The summed E-state index contributed by atoms with van der Waals surface area (Å²) in [6, 6.07) is 12.2. The van der Waals surface area contributed by atoms with E-state index in [1.165, 1.54) is 45.6 Å². The van der Waals surface area contributed by atoms with E-state index < -0.39 is 17.4 Å². The van der Waals surface area contributed by atoms with Gasteiger partial charge in [-0.05, 0) is 31.2 Å². The number of amides is 1. The number of anilines is 1. The van der Waals surface area contributed by atoms with Crippen LogP contribution in [0.1, 0.15) is 32.2 Å². The van der Waals surface area contributed by atoms with Crippen molar-refractivity contribution in [3.05, 3.63) is 81.5 Å². The van der Waals surface area contributed by atoms with Crippen LogP contribution in [0.2, 0.25) is 0 Å². The fourth-order valence-corrected chi connectivity index (χ4v) is 3.54. The molecule has 0 aliphatic rings. The minimum absolute atomic E-state index is 0.121. The van der Waals surface area contributed by atoms with E-state index in [4.69, 9.17) is 23.5 Å². The number of carbonyl (C=O) groups is 2. The Hall–Kier alpha value is -4.80. The smallest absolute Gasteiger partial charge is 0.340 e. The number of hydrogen-bond acceptors (Lipinski definition) is 9. The van der Waals surface area contributed by atoms with E-state index in [1.807, 2.05) is 0 Å². The van der Waals surface area contributed by atoms with Crippen molar-refractivity contribution >= 4 is 23.2 Å². The first kappa shape index (κ1) is 24.3. The second-order valence-corrected chi connectivity index (χ2v) is 7.57. The second-order valence-electron chi connectivity index (χ2n) is 7.57. The second kappa shape index (κ2) is 10.2. The molecule has 0 bridgehead atoms. The Labute approximate surface area is 205 Å². The standard InChI is InChI=1S/C25H23N3O8/c1-14-9-21-26-16(12-22(29)28(21)36-14)13-35-25(31)17-7-5-6-8-18(17)27-24(30)15-10-19(32-2)23(34-4)20(11-15)33-3/h5-12H,13H2,1-4H3,(H,27,30). The number of esters is 1. The van der Waals surface area contributed by atoms with E-state index >= 15 is 0 Å². The predicted octanol–water partition coefficient (Wildman–Crippen LogP) is 3.23. The maximum Gasteiger partial charge on any atom is 0.340 e. The molecule has 1 amide bonds. The number of nitrogens with zero attached hydrogens (tertiary/aromatic N) is 2. The van der Waals surface area contributed by atoms with E-state index in [9.17, 15) is 14.4 Å². The summed E-state index contributed by atoms with van der Waals surface area (Å²) in [6.07, 6.45) is 0. The Morgan fingerprint density at radius 2 is 1.69 bits per heavy atom. The summed E-state index contributed by atoms with van der Waals surface area (Å²) in [5, 5.41) is 2.71. The first-order valence-corrected chi connectivity index (χ1v) is 10.7. The highest BCUT2D eigenvalue weighted by Crippen LogP contribution is 2.38. The molecular weight excluding hydrogens is 470 g/mol. The van der Waals surface area contributed by atoms with Crippen LogP contribution in [-0.2, 0) is 11.3 Å². The fraction of sp³-hybridized carbons (Fsp3) is 0.200. The normalized spacial score (nSPS) is 10.7. The third-order valence-corrected chi connectivity index (χ3v) is 5.20. The zero-order chi connectivity index (χ0) is 25.8. The third-order valence-electron chi connectivity index (χ3n) is 5.20. The molecule has 0 fully saturated rings. The molecule has 186 valence electrons. The topological polar surface area (TPSA) is 131 Å². The number of methoxy groups -OCH3 is 3. The van der Waals surface area contributed by atoms with E-state index in [0.717, 1.165) is 4.57 Å². The number of aromatic nitrogens is 2. The predicted molar refractivity (Wildman–Crippen MR) is 128 cm³/mol. The molecule has 0 spiro atoms. The highest BCUT2D eigenvalue weighted by Gasteiger charge is 2.20. The van der Waals surface area contributed by atoms with Gasteiger partial charge in [-0.1, -0.05) is 12.1 Å². The molecule has 0 atom stereocenters. The number of hydrogen-bond donors (Lipinski definition) is 1. The molecule has 36 heavy (non-hydrogen) atoms. The van der Waals surface area contributed by atoms with Crippen molar-refractivity contribution in [1.29, 1.82) is 0 Å². The minimum Gasteiger partial charge on any atom is -0.493 e. The van der Waals surface area contributed by atoms with E-state index in [1.54, 1.807) is 31.2 Å². The lowest BCUT2D eigenvalue weighted by molar-refractivity contribution is 0.0469. The number of aryl methyl sites for hydroxylation is 1. The maximum atomic E-state index is 13.0. The van der Waals surface area contributed by atoms with Gasteiger partial charge in [0.05, 0.1) is 38.3 Å². The molecule has 0 radical (unpaired) electrons. The van der Waals surface area contributed by atoms with Gasteiger partial charge < -0.3 is 28.8 Å². The van der Waals surface area contributed by atoms with Crippen molar-refractivity contribution in [2.45, 2.75) is 13.5 Å². The number of carbonyl (C=O) groups excluding carboxylic acids is 2. The molecule has 0 saturated heterocycles. The van der Waals surface area contributed by atoms with E-state index in [-0.39, 0.29) is 29.1 Å². The molecule has 0 aliphatic heterocycles. The number of benzene rings is 2. The molecule has 2 aromatic carbocycles. The van der Waals surface area contributed by atoms with Gasteiger partial charge in [-0.25, -0.2) is 9.78 Å². The number of nitrogens with one attached hydrogen (secondary N) is 1. The maximum absolute atomic E-state index is 13.0. The Kier molecular flexibility index (Phi) is 6.91. The highest BCUT2D eigenvalue weighted by molar-refractivity contribution is 6.08. The van der Waals surface area contributed by atoms with Crippen LogP contribution < -0.4 is 25.1 Å². The summed E-state index contributed by atoms with van der Waals surface area (Å²) in [4.78, 5) is 42.3. The Morgan fingerprint density at radius 3 is 2.36 bits per heavy atom. The average molecular weight is 493 g/mol.